The number of aromatic nitrogens is 5. The summed E-state index contributed by atoms with van der Waals surface area (Å²) >= 11 is 0. The van der Waals surface area contributed by atoms with Crippen LogP contribution in [0.3, 0.4) is 0 Å². The summed E-state index contributed by atoms with van der Waals surface area (Å²) < 4.78 is 14.4. The number of aryl methyl sites for hydroxylation is 1. The number of H-pyrrole nitrogens is 2. The fourth-order valence-corrected chi connectivity index (χ4v) is 1.51. The van der Waals surface area contributed by atoms with Gasteiger partial charge in [0.2, 0.25) is 0 Å². The van der Waals surface area contributed by atoms with Gasteiger partial charge in [-0.05, 0) is 12.1 Å². The molecule has 0 saturated heterocycles. The van der Waals surface area contributed by atoms with Gasteiger partial charge in [0.05, 0.1) is 6.20 Å². The number of aromatic amines is 2. The molecule has 0 bridgehead atoms. The minimum Gasteiger partial charge on any atom is -0.314 e. The van der Waals surface area contributed by atoms with Crippen LogP contribution in [0.5, 0.6) is 0 Å². The van der Waals surface area contributed by atoms with E-state index in [0.717, 1.165) is 5.56 Å². The first-order chi connectivity index (χ1) is 10.0. The predicted octanol–water partition coefficient (Wildman–Crippen LogP) is 1.32. The second-order valence-corrected chi connectivity index (χ2v) is 4.08. The van der Waals surface area contributed by atoms with E-state index in [1.165, 1.54) is 24.4 Å². The molecule has 3 rings (SSSR count). The maximum atomic E-state index is 12.8. The largest absolute Gasteiger partial charge is 0.325 e. The number of halogens is 1. The second-order valence-electron chi connectivity index (χ2n) is 4.08. The molecule has 22 heavy (non-hydrogen) atoms. The van der Waals surface area contributed by atoms with E-state index in [4.69, 9.17) is 0 Å². The zero-order chi connectivity index (χ0) is 15.2. The topological polar surface area (TPSA) is 96.4 Å². The summed E-state index contributed by atoms with van der Waals surface area (Å²) in [5.74, 6) is -0.261. The molecule has 1 aromatic carbocycles. The summed E-state index contributed by atoms with van der Waals surface area (Å²) in [6, 6.07) is 7.53. The summed E-state index contributed by atoms with van der Waals surface area (Å²) in [5, 5.41) is 7.64. The van der Waals surface area contributed by atoms with Gasteiger partial charge in [0, 0.05) is 24.9 Å². The van der Waals surface area contributed by atoms with Crippen LogP contribution in [-0.2, 0) is 7.05 Å². The van der Waals surface area contributed by atoms with E-state index in [9.17, 15) is 14.0 Å². The van der Waals surface area contributed by atoms with E-state index < -0.39 is 5.69 Å². The maximum Gasteiger partial charge on any atom is 0.325 e. The zero-order valence-corrected chi connectivity index (χ0v) is 11.1. The number of nitrogens with zero attached hydrogens (tertiary/aromatic N) is 3. The van der Waals surface area contributed by atoms with Gasteiger partial charge in [-0.1, -0.05) is 24.8 Å². The van der Waals surface area contributed by atoms with Crippen LogP contribution < -0.4 is 11.2 Å². The molecule has 7 nitrogen and oxygen atoms in total. The summed E-state index contributed by atoms with van der Waals surface area (Å²) in [5.41, 5.74) is 0.571. The maximum absolute atomic E-state index is 12.8. The van der Waals surface area contributed by atoms with E-state index >= 15 is 0 Å². The standard InChI is InChI=1S/C9H8FN3.C4H4N2O2.CH4/c1-13-6-9(11-12-13)7-3-2-4-8(10)5-7;7-3-1-2-5-4(8)6-3;/h2-6H,1H3;1-2H,(H2,5,6,7,8);1H4. The molecule has 2 heterocycles. The van der Waals surface area contributed by atoms with Gasteiger partial charge in [-0.15, -0.1) is 5.10 Å². The van der Waals surface area contributed by atoms with E-state index in [-0.39, 0.29) is 18.8 Å². The Balaban J connectivity index is 0.000000234. The van der Waals surface area contributed by atoms with Gasteiger partial charge >= 0.3 is 5.69 Å². The number of hydrogen-bond acceptors (Lipinski definition) is 4. The number of nitrogens with one attached hydrogen (secondary N) is 2. The molecule has 0 unspecified atom stereocenters. The molecule has 0 amide bonds. The summed E-state index contributed by atoms with van der Waals surface area (Å²) in [6.07, 6.45) is 3.04. The van der Waals surface area contributed by atoms with Crippen molar-refractivity contribution in [3.8, 4) is 11.3 Å². The highest BCUT2D eigenvalue weighted by atomic mass is 19.1. The Morgan fingerprint density at radius 3 is 2.50 bits per heavy atom. The Hall–Kier alpha value is -3.03. The molecule has 3 aromatic rings. The smallest absolute Gasteiger partial charge is 0.314 e. The molecule has 2 aromatic heterocycles. The average Bonchev–Trinajstić information content (AvgIpc) is 2.86. The molecular weight excluding hydrogens is 289 g/mol. The van der Waals surface area contributed by atoms with Crippen LogP contribution >= 0.6 is 0 Å². The van der Waals surface area contributed by atoms with Gasteiger partial charge in [-0.2, -0.15) is 0 Å². The van der Waals surface area contributed by atoms with E-state index in [1.807, 2.05) is 4.98 Å². The van der Waals surface area contributed by atoms with Crippen LogP contribution in [0.2, 0.25) is 0 Å². The first-order valence-electron chi connectivity index (χ1n) is 5.95. The Kier molecular flexibility index (Phi) is 5.94. The predicted molar refractivity (Wildman–Crippen MR) is 80.8 cm³/mol. The highest BCUT2D eigenvalue weighted by Crippen LogP contribution is 2.16. The van der Waals surface area contributed by atoms with Gasteiger partial charge in [-0.25, -0.2) is 9.18 Å². The van der Waals surface area contributed by atoms with Crippen molar-refractivity contribution in [3.05, 3.63) is 69.4 Å². The van der Waals surface area contributed by atoms with Crippen LogP contribution in [0.25, 0.3) is 11.3 Å². The van der Waals surface area contributed by atoms with Gasteiger partial charge in [-0.3, -0.25) is 14.5 Å². The summed E-state index contributed by atoms with van der Waals surface area (Å²) in [6.45, 7) is 0. The molecule has 0 fully saturated rings. The monoisotopic (exact) mass is 305 g/mol. The van der Waals surface area contributed by atoms with Crippen molar-refractivity contribution in [3.63, 3.8) is 0 Å². The number of benzene rings is 1. The van der Waals surface area contributed by atoms with Gasteiger partial charge in [0.1, 0.15) is 11.5 Å². The van der Waals surface area contributed by atoms with Crippen LogP contribution in [0.4, 0.5) is 4.39 Å². The minimum absolute atomic E-state index is 0. The normalized spacial score (nSPS) is 9.36. The van der Waals surface area contributed by atoms with Gasteiger partial charge in [0.15, 0.2) is 0 Å². The first-order valence-corrected chi connectivity index (χ1v) is 5.95. The molecule has 0 aliphatic carbocycles. The summed E-state index contributed by atoms with van der Waals surface area (Å²) in [7, 11) is 1.77. The third kappa shape index (κ3) is 4.82. The molecule has 0 atom stereocenters. The molecule has 2 N–H and O–H groups in total. The Morgan fingerprint density at radius 1 is 1.23 bits per heavy atom. The molecule has 0 saturated carbocycles. The Morgan fingerprint density at radius 2 is 2.00 bits per heavy atom. The van der Waals surface area contributed by atoms with E-state index in [1.54, 1.807) is 30.1 Å². The van der Waals surface area contributed by atoms with E-state index in [0.29, 0.717) is 5.69 Å². The fourth-order valence-electron chi connectivity index (χ4n) is 1.51. The van der Waals surface area contributed by atoms with Gasteiger partial charge < -0.3 is 4.98 Å². The molecule has 0 radical (unpaired) electrons. The zero-order valence-electron chi connectivity index (χ0n) is 11.1. The molecule has 8 heteroatoms. The highest BCUT2D eigenvalue weighted by molar-refractivity contribution is 5.57. The van der Waals surface area contributed by atoms with Crippen molar-refractivity contribution in [2.45, 2.75) is 7.43 Å². The number of hydrogen-bond donors (Lipinski definition) is 2. The minimum atomic E-state index is -0.475. The SMILES string of the molecule is C.Cn1cc(-c2cccc(F)c2)nn1.O=c1cc[nH]c(=O)[nH]1. The Bertz CT molecular complexity index is 812. The lowest BCUT2D eigenvalue weighted by atomic mass is 10.2. The molecule has 0 aliphatic heterocycles. The first kappa shape index (κ1) is 17.0. The fraction of sp³-hybridized carbons (Fsp3) is 0.143. The van der Waals surface area contributed by atoms with Crippen molar-refractivity contribution >= 4 is 0 Å². The van der Waals surface area contributed by atoms with Crippen LogP contribution in [0.15, 0.2) is 52.3 Å². The van der Waals surface area contributed by atoms with Crippen LogP contribution in [0, 0.1) is 5.82 Å². The third-order valence-corrected chi connectivity index (χ3v) is 2.41. The van der Waals surface area contributed by atoms with Crippen LogP contribution in [-0.4, -0.2) is 25.0 Å². The molecule has 0 spiro atoms. The molecule has 0 aliphatic rings. The average molecular weight is 305 g/mol. The molecule has 116 valence electrons. The van der Waals surface area contributed by atoms with Crippen molar-refractivity contribution in [1.82, 2.24) is 25.0 Å². The summed E-state index contributed by atoms with van der Waals surface area (Å²) in [4.78, 5) is 24.7. The van der Waals surface area contributed by atoms with Crippen molar-refractivity contribution in [2.24, 2.45) is 7.05 Å². The van der Waals surface area contributed by atoms with Crippen molar-refractivity contribution < 1.29 is 4.39 Å². The van der Waals surface area contributed by atoms with Crippen LogP contribution in [0.1, 0.15) is 7.43 Å². The lowest BCUT2D eigenvalue weighted by Gasteiger charge is -1.93. The van der Waals surface area contributed by atoms with Crippen molar-refractivity contribution in [1.29, 1.82) is 0 Å². The second kappa shape index (κ2) is 7.67. The third-order valence-electron chi connectivity index (χ3n) is 2.41. The van der Waals surface area contributed by atoms with Crippen molar-refractivity contribution in [2.75, 3.05) is 0 Å². The molecular formula is C14H16FN5O2. The quantitative estimate of drug-likeness (QED) is 0.708. The van der Waals surface area contributed by atoms with E-state index in [2.05, 4.69) is 15.3 Å². The highest BCUT2D eigenvalue weighted by Gasteiger charge is 2.02. The van der Waals surface area contributed by atoms with Gasteiger partial charge in [0.25, 0.3) is 5.56 Å². The lowest BCUT2D eigenvalue weighted by Crippen LogP contribution is -2.19. The number of rotatable bonds is 1. The Labute approximate surface area is 125 Å². The lowest BCUT2D eigenvalue weighted by molar-refractivity contribution is 0.628.